The van der Waals surface area contributed by atoms with Gasteiger partial charge in [0.25, 0.3) is 0 Å². The van der Waals surface area contributed by atoms with Gasteiger partial charge >= 0.3 is 0 Å². The van der Waals surface area contributed by atoms with E-state index in [1.807, 2.05) is 0 Å². The molecule has 0 bridgehead atoms. The molecule has 0 aromatic rings. The van der Waals surface area contributed by atoms with Gasteiger partial charge in [0.1, 0.15) is 12.3 Å². The van der Waals surface area contributed by atoms with Crippen LogP contribution < -0.4 is 0 Å². The van der Waals surface area contributed by atoms with Crippen molar-refractivity contribution in [2.75, 3.05) is 0 Å². The van der Waals surface area contributed by atoms with Crippen LogP contribution in [-0.2, 0) is 0 Å². The second-order valence-corrected chi connectivity index (χ2v) is 7.47. The fraction of sp³-hybridized carbons (Fsp3) is 1.00. The first kappa shape index (κ1) is 14.2. The first-order valence-electron chi connectivity index (χ1n) is 6.31. The normalized spacial score (nSPS) is 48.0. The van der Waals surface area contributed by atoms with Gasteiger partial charge in [0.05, 0.1) is 5.25 Å². The number of hydrogen-bond acceptors (Lipinski definition) is 1. The van der Waals surface area contributed by atoms with E-state index in [-0.39, 0.29) is 16.0 Å². The van der Waals surface area contributed by atoms with E-state index in [4.69, 9.17) is 23.2 Å². The monoisotopic (exact) mass is 302 g/mol. The largest absolute Gasteiger partial charge is 0.246 e. The van der Waals surface area contributed by atoms with E-state index < -0.39 is 17.6 Å². The van der Waals surface area contributed by atoms with E-state index >= 15 is 0 Å². The van der Waals surface area contributed by atoms with Crippen LogP contribution >= 0.6 is 35.0 Å². The molecule has 0 N–H and O–H groups in total. The summed E-state index contributed by atoms with van der Waals surface area (Å²) in [6.07, 6.45) is 2.35. The maximum atomic E-state index is 13.8. The van der Waals surface area contributed by atoms with Crippen LogP contribution in [-0.4, -0.2) is 33.6 Å². The Morgan fingerprint density at radius 3 is 1.76 bits per heavy atom. The van der Waals surface area contributed by atoms with E-state index in [0.29, 0.717) is 19.3 Å². The Morgan fingerprint density at radius 1 is 0.765 bits per heavy atom. The molecule has 2 fully saturated rings. The van der Waals surface area contributed by atoms with E-state index in [0.717, 1.165) is 19.3 Å². The van der Waals surface area contributed by atoms with Gasteiger partial charge in [-0.1, -0.05) is 6.42 Å². The lowest BCUT2D eigenvalue weighted by Crippen LogP contribution is -2.40. The van der Waals surface area contributed by atoms with Crippen molar-refractivity contribution in [3.8, 4) is 0 Å². The first-order valence-corrected chi connectivity index (χ1v) is 8.13. The molecule has 2 aliphatic carbocycles. The second-order valence-electron chi connectivity index (χ2n) is 4.99. The van der Waals surface area contributed by atoms with Gasteiger partial charge in [-0.3, -0.25) is 0 Å². The molecule has 17 heavy (non-hydrogen) atoms. The minimum atomic E-state index is -1.04. The molecule has 0 aliphatic heterocycles. The maximum absolute atomic E-state index is 13.8. The Hall–Kier alpha value is 0.790. The highest BCUT2D eigenvalue weighted by Gasteiger charge is 2.40. The third-order valence-corrected chi connectivity index (χ3v) is 6.81. The van der Waals surface area contributed by atoms with E-state index in [1.165, 1.54) is 11.8 Å². The fourth-order valence-corrected chi connectivity index (χ4v) is 5.33. The Morgan fingerprint density at radius 2 is 1.24 bits per heavy atom. The topological polar surface area (TPSA) is 0 Å². The smallest absolute Gasteiger partial charge is 0.115 e. The molecule has 0 aromatic carbocycles. The van der Waals surface area contributed by atoms with E-state index in [1.54, 1.807) is 0 Å². The zero-order valence-corrected chi connectivity index (χ0v) is 12.0. The number of alkyl halides is 4. The number of hydrogen-bond donors (Lipinski definition) is 0. The van der Waals surface area contributed by atoms with Gasteiger partial charge in [-0.25, -0.2) is 8.78 Å². The van der Waals surface area contributed by atoms with Crippen molar-refractivity contribution >= 4 is 35.0 Å². The molecule has 0 aromatic heterocycles. The maximum Gasteiger partial charge on any atom is 0.115 e. The first-order chi connectivity index (χ1) is 8.09. The Kier molecular flexibility index (Phi) is 5.26. The van der Waals surface area contributed by atoms with Crippen LogP contribution in [0.1, 0.15) is 38.5 Å². The van der Waals surface area contributed by atoms with Crippen LogP contribution in [0.3, 0.4) is 0 Å². The molecule has 0 radical (unpaired) electrons. The Balaban J connectivity index is 1.97. The third kappa shape index (κ3) is 3.42. The summed E-state index contributed by atoms with van der Waals surface area (Å²) < 4.78 is 27.5. The summed E-state index contributed by atoms with van der Waals surface area (Å²) in [5.41, 5.74) is 0. The van der Waals surface area contributed by atoms with Crippen molar-refractivity contribution in [3.05, 3.63) is 0 Å². The fourth-order valence-electron chi connectivity index (χ4n) is 2.65. The summed E-state index contributed by atoms with van der Waals surface area (Å²) in [5, 5.41) is -0.656. The minimum absolute atomic E-state index is 0.00770. The average Bonchev–Trinajstić information content (AvgIpc) is 2.27. The van der Waals surface area contributed by atoms with Crippen LogP contribution in [0, 0.1) is 0 Å². The lowest BCUT2D eigenvalue weighted by atomic mass is 9.96. The molecule has 2 aliphatic rings. The number of rotatable bonds is 2. The van der Waals surface area contributed by atoms with Crippen LogP contribution in [0.2, 0.25) is 0 Å². The minimum Gasteiger partial charge on any atom is -0.246 e. The van der Waals surface area contributed by atoms with Crippen molar-refractivity contribution in [2.24, 2.45) is 0 Å². The van der Waals surface area contributed by atoms with Crippen molar-refractivity contribution in [1.29, 1.82) is 0 Å². The molecule has 0 spiro atoms. The lowest BCUT2D eigenvalue weighted by Gasteiger charge is -2.37. The SMILES string of the molecule is FC1CCCC(F)C1SC1C(Cl)CCCC1Cl. The third-order valence-electron chi connectivity index (χ3n) is 3.66. The molecule has 0 amide bonds. The molecule has 5 heteroatoms. The van der Waals surface area contributed by atoms with Crippen molar-refractivity contribution in [3.63, 3.8) is 0 Å². The van der Waals surface area contributed by atoms with Gasteiger partial charge < -0.3 is 0 Å². The molecule has 2 saturated carbocycles. The summed E-state index contributed by atoms with van der Waals surface area (Å²) in [6.45, 7) is 0. The predicted molar refractivity (Wildman–Crippen MR) is 71.9 cm³/mol. The molecule has 0 nitrogen and oxygen atoms in total. The Bertz CT molecular complexity index is 211. The van der Waals surface area contributed by atoms with Gasteiger partial charge in [0.15, 0.2) is 0 Å². The second kappa shape index (κ2) is 6.29. The standard InChI is InChI=1S/C12H18Cl2F2S/c13-7-3-1-4-8(14)11(7)17-12-9(15)5-2-6-10(12)16/h7-12H,1-6H2. The van der Waals surface area contributed by atoms with E-state index in [9.17, 15) is 8.78 Å². The molecule has 4 unspecified atom stereocenters. The molecular formula is C12H18Cl2F2S. The summed E-state index contributed by atoms with van der Waals surface area (Å²) in [4.78, 5) is 0. The van der Waals surface area contributed by atoms with Gasteiger partial charge in [0, 0.05) is 16.0 Å². The number of halogens is 4. The highest BCUT2D eigenvalue weighted by Crippen LogP contribution is 2.42. The Labute approximate surface area is 116 Å². The highest BCUT2D eigenvalue weighted by atomic mass is 35.5. The summed E-state index contributed by atoms with van der Waals surface area (Å²) in [5.74, 6) is 0. The van der Waals surface area contributed by atoms with Crippen LogP contribution in [0.4, 0.5) is 8.78 Å². The number of thioether (sulfide) groups is 1. The predicted octanol–water partition coefficient (Wildman–Crippen LogP) is 4.72. The van der Waals surface area contributed by atoms with Crippen LogP contribution in [0.25, 0.3) is 0 Å². The van der Waals surface area contributed by atoms with Gasteiger partial charge in [-0.2, -0.15) is 0 Å². The lowest BCUT2D eigenvalue weighted by molar-refractivity contribution is 0.168. The summed E-state index contributed by atoms with van der Waals surface area (Å²) >= 11 is 13.8. The van der Waals surface area contributed by atoms with Crippen molar-refractivity contribution < 1.29 is 8.78 Å². The van der Waals surface area contributed by atoms with Crippen LogP contribution in [0.15, 0.2) is 0 Å². The van der Waals surface area contributed by atoms with Crippen molar-refractivity contribution in [2.45, 2.75) is 72.1 Å². The van der Waals surface area contributed by atoms with Gasteiger partial charge in [-0.05, 0) is 32.1 Å². The average molecular weight is 303 g/mol. The molecule has 0 saturated heterocycles. The van der Waals surface area contributed by atoms with Crippen molar-refractivity contribution in [1.82, 2.24) is 0 Å². The summed E-state index contributed by atoms with van der Waals surface area (Å²) in [7, 11) is 0. The van der Waals surface area contributed by atoms with Gasteiger partial charge in [0.2, 0.25) is 0 Å². The van der Waals surface area contributed by atoms with E-state index in [2.05, 4.69) is 0 Å². The molecule has 2 rings (SSSR count). The zero-order chi connectivity index (χ0) is 12.4. The molecule has 4 atom stereocenters. The highest BCUT2D eigenvalue weighted by molar-refractivity contribution is 8.00. The zero-order valence-electron chi connectivity index (χ0n) is 9.63. The molecule has 100 valence electrons. The van der Waals surface area contributed by atoms with Gasteiger partial charge in [-0.15, -0.1) is 35.0 Å². The molecule has 0 heterocycles. The molecular weight excluding hydrogens is 285 g/mol. The summed E-state index contributed by atoms with van der Waals surface area (Å²) in [6, 6.07) is 0. The van der Waals surface area contributed by atoms with Crippen LogP contribution in [0.5, 0.6) is 0 Å². The quantitative estimate of drug-likeness (QED) is 0.665.